The smallest absolute Gasteiger partial charge is 0.240 e. The maximum atomic E-state index is 13.2. The minimum Gasteiger partial charge on any atom is -0.337 e. The molecule has 0 radical (unpaired) electrons. The lowest BCUT2D eigenvalue weighted by Crippen LogP contribution is -2.43. The predicted molar refractivity (Wildman–Crippen MR) is 122 cm³/mol. The lowest BCUT2D eigenvalue weighted by molar-refractivity contribution is -0.132. The topological polar surface area (TPSA) is 91.2 Å². The SMILES string of the molecule is N#Cc1ccccc1Cn1cncc1CN(CCN)C1CCN(Cc2ccccc2)C1=O. The zero-order valence-corrected chi connectivity index (χ0v) is 18.1. The largest absolute Gasteiger partial charge is 0.337 e. The number of benzene rings is 2. The van der Waals surface area contributed by atoms with E-state index >= 15 is 0 Å². The molecule has 7 nitrogen and oxygen atoms in total. The first-order chi connectivity index (χ1) is 15.7. The Balaban J connectivity index is 1.47. The highest BCUT2D eigenvalue weighted by Gasteiger charge is 2.35. The highest BCUT2D eigenvalue weighted by Crippen LogP contribution is 2.22. The van der Waals surface area contributed by atoms with Crippen LogP contribution in [0.15, 0.2) is 67.1 Å². The van der Waals surface area contributed by atoms with E-state index in [0.29, 0.717) is 38.3 Å². The lowest BCUT2D eigenvalue weighted by Gasteiger charge is -2.28. The highest BCUT2D eigenvalue weighted by molar-refractivity contribution is 5.84. The second-order valence-corrected chi connectivity index (χ2v) is 8.09. The van der Waals surface area contributed by atoms with Crippen LogP contribution in [0.3, 0.4) is 0 Å². The van der Waals surface area contributed by atoms with E-state index in [9.17, 15) is 10.1 Å². The highest BCUT2D eigenvalue weighted by atomic mass is 16.2. The molecule has 7 heteroatoms. The molecule has 1 unspecified atom stereocenters. The summed E-state index contributed by atoms with van der Waals surface area (Å²) in [5.41, 5.74) is 9.65. The first-order valence-electron chi connectivity index (χ1n) is 10.9. The summed E-state index contributed by atoms with van der Waals surface area (Å²) in [5, 5.41) is 9.40. The van der Waals surface area contributed by atoms with Crippen molar-refractivity contribution in [1.82, 2.24) is 19.4 Å². The van der Waals surface area contributed by atoms with Gasteiger partial charge in [0.25, 0.3) is 0 Å². The summed E-state index contributed by atoms with van der Waals surface area (Å²) in [7, 11) is 0. The van der Waals surface area contributed by atoms with E-state index in [0.717, 1.165) is 29.8 Å². The van der Waals surface area contributed by atoms with Crippen molar-refractivity contribution in [2.75, 3.05) is 19.6 Å². The Morgan fingerprint density at radius 1 is 1.12 bits per heavy atom. The average Bonchev–Trinajstić information content (AvgIpc) is 3.41. The second kappa shape index (κ2) is 10.2. The molecule has 1 aromatic heterocycles. The summed E-state index contributed by atoms with van der Waals surface area (Å²) in [6.07, 6.45) is 4.40. The number of nitrogens with zero attached hydrogens (tertiary/aromatic N) is 5. The molecule has 2 aromatic carbocycles. The van der Waals surface area contributed by atoms with Crippen LogP contribution in [0.5, 0.6) is 0 Å². The molecule has 0 spiro atoms. The van der Waals surface area contributed by atoms with E-state index in [1.165, 1.54) is 0 Å². The molecule has 1 aliphatic heterocycles. The fourth-order valence-electron chi connectivity index (χ4n) is 4.31. The third-order valence-corrected chi connectivity index (χ3v) is 5.98. The molecule has 2 N–H and O–H groups in total. The van der Waals surface area contributed by atoms with Gasteiger partial charge in [-0.25, -0.2) is 4.98 Å². The van der Waals surface area contributed by atoms with Crippen molar-refractivity contribution in [3.8, 4) is 6.07 Å². The second-order valence-electron chi connectivity index (χ2n) is 8.09. The molecule has 4 rings (SSSR count). The Kier molecular flexibility index (Phi) is 6.95. The van der Waals surface area contributed by atoms with Gasteiger partial charge in [0.15, 0.2) is 0 Å². The third kappa shape index (κ3) is 4.88. The molecule has 1 atom stereocenters. The number of nitriles is 1. The summed E-state index contributed by atoms with van der Waals surface area (Å²) < 4.78 is 2.04. The van der Waals surface area contributed by atoms with E-state index in [4.69, 9.17) is 5.73 Å². The quantitative estimate of drug-likeness (QED) is 0.565. The van der Waals surface area contributed by atoms with Crippen LogP contribution in [0, 0.1) is 11.3 Å². The van der Waals surface area contributed by atoms with E-state index in [2.05, 4.69) is 28.1 Å². The standard InChI is InChI=1S/C25H28N6O/c26-11-13-29(24-10-12-30(25(24)32)16-20-6-2-1-3-7-20)18-23-15-28-19-31(23)17-22-9-5-4-8-21(22)14-27/h1-9,15,19,24H,10-13,16-18,26H2. The molecule has 1 aliphatic rings. The first-order valence-corrected chi connectivity index (χ1v) is 10.9. The lowest BCUT2D eigenvalue weighted by atomic mass is 10.1. The number of imidazole rings is 1. The molecule has 0 aliphatic carbocycles. The van der Waals surface area contributed by atoms with Gasteiger partial charge in [0.1, 0.15) is 0 Å². The van der Waals surface area contributed by atoms with E-state index < -0.39 is 0 Å². The number of aromatic nitrogens is 2. The Labute approximate surface area is 188 Å². The van der Waals surface area contributed by atoms with Gasteiger partial charge in [-0.15, -0.1) is 0 Å². The fourth-order valence-corrected chi connectivity index (χ4v) is 4.31. The van der Waals surface area contributed by atoms with Crippen LogP contribution in [0.25, 0.3) is 0 Å². The van der Waals surface area contributed by atoms with Crippen LogP contribution < -0.4 is 5.73 Å². The molecule has 3 aromatic rings. The maximum absolute atomic E-state index is 13.2. The summed E-state index contributed by atoms with van der Waals surface area (Å²) >= 11 is 0. The van der Waals surface area contributed by atoms with Crippen molar-refractivity contribution < 1.29 is 4.79 Å². The average molecular weight is 429 g/mol. The van der Waals surface area contributed by atoms with Crippen molar-refractivity contribution in [2.24, 2.45) is 5.73 Å². The van der Waals surface area contributed by atoms with Gasteiger partial charge < -0.3 is 15.2 Å². The van der Waals surface area contributed by atoms with Crippen molar-refractivity contribution in [3.63, 3.8) is 0 Å². The van der Waals surface area contributed by atoms with Crippen molar-refractivity contribution in [2.45, 2.75) is 32.1 Å². The van der Waals surface area contributed by atoms with Gasteiger partial charge in [-0.05, 0) is 23.6 Å². The predicted octanol–water partition coefficient (Wildman–Crippen LogP) is 2.36. The number of likely N-dealkylation sites (tertiary alicyclic amines) is 1. The molecule has 0 saturated carbocycles. The Bertz CT molecular complexity index is 1090. The summed E-state index contributed by atoms with van der Waals surface area (Å²) in [4.78, 5) is 21.6. The van der Waals surface area contributed by atoms with Gasteiger partial charge in [0, 0.05) is 38.9 Å². The monoisotopic (exact) mass is 428 g/mol. The molecule has 1 fully saturated rings. The van der Waals surface area contributed by atoms with Crippen LogP contribution in [0.1, 0.15) is 28.8 Å². The van der Waals surface area contributed by atoms with Crippen LogP contribution in [-0.2, 0) is 24.4 Å². The number of hydrogen-bond donors (Lipinski definition) is 1. The summed E-state index contributed by atoms with van der Waals surface area (Å²) in [5.74, 6) is 0.156. The zero-order chi connectivity index (χ0) is 22.3. The van der Waals surface area contributed by atoms with Crippen LogP contribution in [-0.4, -0.2) is 50.9 Å². The van der Waals surface area contributed by atoms with Gasteiger partial charge in [-0.2, -0.15) is 5.26 Å². The van der Waals surface area contributed by atoms with Crippen LogP contribution in [0.4, 0.5) is 0 Å². The van der Waals surface area contributed by atoms with Crippen LogP contribution >= 0.6 is 0 Å². The number of rotatable bonds is 9. The Morgan fingerprint density at radius 3 is 2.69 bits per heavy atom. The molecule has 2 heterocycles. The maximum Gasteiger partial charge on any atom is 0.240 e. The third-order valence-electron chi connectivity index (χ3n) is 5.98. The fraction of sp³-hybridized carbons (Fsp3) is 0.320. The Hall–Kier alpha value is -3.47. The zero-order valence-electron chi connectivity index (χ0n) is 18.1. The van der Waals surface area contributed by atoms with E-state index in [-0.39, 0.29) is 11.9 Å². The number of nitrogens with two attached hydrogens (primary N) is 1. The minimum atomic E-state index is -0.183. The number of carbonyl (C=O) groups excluding carboxylic acids is 1. The van der Waals surface area contributed by atoms with Crippen molar-refractivity contribution in [1.29, 1.82) is 5.26 Å². The van der Waals surface area contributed by atoms with Crippen molar-refractivity contribution >= 4 is 5.91 Å². The minimum absolute atomic E-state index is 0.156. The molecule has 164 valence electrons. The molecule has 0 bridgehead atoms. The van der Waals surface area contributed by atoms with E-state index in [1.54, 1.807) is 6.33 Å². The molecular weight excluding hydrogens is 400 g/mol. The summed E-state index contributed by atoms with van der Waals surface area (Å²) in [6, 6.07) is 19.7. The van der Waals surface area contributed by atoms with Gasteiger partial charge in [0.05, 0.1) is 36.2 Å². The summed E-state index contributed by atoms with van der Waals surface area (Å²) in [6.45, 7) is 3.64. The van der Waals surface area contributed by atoms with Crippen molar-refractivity contribution in [3.05, 3.63) is 89.5 Å². The number of carbonyl (C=O) groups is 1. The number of hydrogen-bond acceptors (Lipinski definition) is 5. The Morgan fingerprint density at radius 2 is 1.91 bits per heavy atom. The number of amides is 1. The van der Waals surface area contributed by atoms with Gasteiger partial charge in [-0.3, -0.25) is 9.69 Å². The molecule has 1 saturated heterocycles. The van der Waals surface area contributed by atoms with E-state index in [1.807, 2.05) is 58.1 Å². The first kappa shape index (κ1) is 21.8. The van der Waals surface area contributed by atoms with Gasteiger partial charge in [0.2, 0.25) is 5.91 Å². The normalized spacial score (nSPS) is 16.0. The van der Waals surface area contributed by atoms with Crippen LogP contribution in [0.2, 0.25) is 0 Å². The van der Waals surface area contributed by atoms with Gasteiger partial charge in [-0.1, -0.05) is 48.5 Å². The molecule has 32 heavy (non-hydrogen) atoms. The molecule has 1 amide bonds. The molecular formula is C25H28N6O. The van der Waals surface area contributed by atoms with Gasteiger partial charge >= 0.3 is 0 Å².